The summed E-state index contributed by atoms with van der Waals surface area (Å²) < 4.78 is 0. The molecule has 4 rings (SSSR count). The van der Waals surface area contributed by atoms with E-state index in [0.29, 0.717) is 10.1 Å². The summed E-state index contributed by atoms with van der Waals surface area (Å²) in [5.74, 6) is -0.131. The lowest BCUT2D eigenvalue weighted by Gasteiger charge is -2.06. The number of para-hydroxylation sites is 1. The van der Waals surface area contributed by atoms with E-state index in [9.17, 15) is 4.79 Å². The molecule has 3 aromatic carbocycles. The highest BCUT2D eigenvalue weighted by Gasteiger charge is 2.23. The molecule has 0 aliphatic carbocycles. The standard InChI is InChI=1S/C24H19N3OS/c28-23-22(13-7-10-18-8-3-1-4-9-18)29-24(27-23)26-21-16-14-20(15-17-21)25-19-11-5-2-6-12-19/h1-17,25H,(H,26,27,28)/b10-7-,22-13-. The number of thioether (sulfide) groups is 1. The zero-order valence-corrected chi connectivity index (χ0v) is 16.4. The second kappa shape index (κ2) is 9.08. The van der Waals surface area contributed by atoms with Gasteiger partial charge in [0.15, 0.2) is 5.17 Å². The van der Waals surface area contributed by atoms with Gasteiger partial charge in [-0.15, -0.1) is 0 Å². The van der Waals surface area contributed by atoms with Crippen LogP contribution >= 0.6 is 11.8 Å². The Balaban J connectivity index is 1.40. The van der Waals surface area contributed by atoms with Gasteiger partial charge in [0, 0.05) is 11.4 Å². The minimum Gasteiger partial charge on any atom is -0.356 e. The van der Waals surface area contributed by atoms with Crippen LogP contribution in [0.15, 0.2) is 107 Å². The fraction of sp³-hybridized carbons (Fsp3) is 0. The van der Waals surface area contributed by atoms with Crippen molar-refractivity contribution in [2.24, 2.45) is 4.99 Å². The zero-order valence-electron chi connectivity index (χ0n) is 15.6. The summed E-state index contributed by atoms with van der Waals surface area (Å²) in [5.41, 5.74) is 3.89. The molecule has 1 amide bonds. The molecule has 0 saturated carbocycles. The average molecular weight is 398 g/mol. The molecule has 1 saturated heterocycles. The van der Waals surface area contributed by atoms with Crippen LogP contribution in [-0.4, -0.2) is 11.1 Å². The molecule has 3 aromatic rings. The Labute approximate surface area is 174 Å². The summed E-state index contributed by atoms with van der Waals surface area (Å²) in [7, 11) is 0. The Morgan fingerprint density at radius 1 is 0.828 bits per heavy atom. The van der Waals surface area contributed by atoms with Gasteiger partial charge >= 0.3 is 0 Å². The number of allylic oxidation sites excluding steroid dienone is 2. The summed E-state index contributed by atoms with van der Waals surface area (Å²) in [6.07, 6.45) is 5.65. The maximum atomic E-state index is 12.1. The first-order valence-corrected chi connectivity index (χ1v) is 10.0. The van der Waals surface area contributed by atoms with E-state index in [4.69, 9.17) is 0 Å². The minimum absolute atomic E-state index is 0.131. The number of rotatable bonds is 5. The maximum absolute atomic E-state index is 12.1. The molecule has 0 aromatic heterocycles. The van der Waals surface area contributed by atoms with Gasteiger partial charge < -0.3 is 10.6 Å². The van der Waals surface area contributed by atoms with E-state index < -0.39 is 0 Å². The van der Waals surface area contributed by atoms with E-state index >= 15 is 0 Å². The molecule has 0 unspecified atom stereocenters. The van der Waals surface area contributed by atoms with E-state index in [1.54, 1.807) is 0 Å². The third-order valence-corrected chi connectivity index (χ3v) is 5.08. The molecule has 4 nitrogen and oxygen atoms in total. The second-order valence-corrected chi connectivity index (χ2v) is 7.34. The highest BCUT2D eigenvalue weighted by molar-refractivity contribution is 8.18. The van der Waals surface area contributed by atoms with Gasteiger partial charge in [0.2, 0.25) is 0 Å². The lowest BCUT2D eigenvalue weighted by atomic mass is 10.2. The highest BCUT2D eigenvalue weighted by Crippen LogP contribution is 2.27. The van der Waals surface area contributed by atoms with Crippen LogP contribution in [0.2, 0.25) is 0 Å². The number of hydrogen-bond acceptors (Lipinski definition) is 4. The number of amidine groups is 1. The van der Waals surface area contributed by atoms with Crippen molar-refractivity contribution in [1.82, 2.24) is 5.32 Å². The first-order valence-electron chi connectivity index (χ1n) is 9.20. The fourth-order valence-electron chi connectivity index (χ4n) is 2.73. The number of carbonyl (C=O) groups is 1. The summed E-state index contributed by atoms with van der Waals surface area (Å²) in [6, 6.07) is 27.7. The number of nitrogens with zero attached hydrogens (tertiary/aromatic N) is 1. The van der Waals surface area contributed by atoms with Crippen molar-refractivity contribution < 1.29 is 4.79 Å². The van der Waals surface area contributed by atoms with E-state index in [0.717, 1.165) is 22.6 Å². The predicted molar refractivity (Wildman–Crippen MR) is 123 cm³/mol. The molecule has 142 valence electrons. The van der Waals surface area contributed by atoms with Gasteiger partial charge in [0.05, 0.1) is 10.6 Å². The Bertz CT molecular complexity index is 1070. The molecule has 0 atom stereocenters. The third-order valence-electron chi connectivity index (χ3n) is 4.15. The normalized spacial score (nSPS) is 16.5. The maximum Gasteiger partial charge on any atom is 0.264 e. The molecule has 1 fully saturated rings. The SMILES string of the molecule is O=C1NC(=Nc2ccc(Nc3ccccc3)cc2)S/C1=C\C=C/c1ccccc1. The first kappa shape index (κ1) is 18.8. The molecule has 1 heterocycles. The topological polar surface area (TPSA) is 53.5 Å². The lowest BCUT2D eigenvalue weighted by molar-refractivity contribution is -0.115. The predicted octanol–water partition coefficient (Wildman–Crippen LogP) is 5.88. The molecule has 0 spiro atoms. The van der Waals surface area contributed by atoms with Gasteiger partial charge in [0.1, 0.15) is 0 Å². The van der Waals surface area contributed by atoms with Crippen molar-refractivity contribution in [3.8, 4) is 0 Å². The number of anilines is 2. The number of amides is 1. The molecule has 5 heteroatoms. The molecule has 1 aliphatic rings. The molecular formula is C24H19N3OS. The fourth-order valence-corrected chi connectivity index (χ4v) is 3.52. The molecule has 0 radical (unpaired) electrons. The van der Waals surface area contributed by atoms with Gasteiger partial charge in [-0.3, -0.25) is 4.79 Å². The van der Waals surface area contributed by atoms with E-state index in [2.05, 4.69) is 15.6 Å². The van der Waals surface area contributed by atoms with Crippen molar-refractivity contribution >= 4 is 46.0 Å². The quantitative estimate of drug-likeness (QED) is 0.529. The zero-order chi connectivity index (χ0) is 19.9. The van der Waals surface area contributed by atoms with Gasteiger partial charge in [-0.1, -0.05) is 60.7 Å². The van der Waals surface area contributed by atoms with Crippen molar-refractivity contribution in [3.63, 3.8) is 0 Å². The molecular weight excluding hydrogens is 378 g/mol. The van der Waals surface area contributed by atoms with Crippen molar-refractivity contribution in [1.29, 1.82) is 0 Å². The molecule has 29 heavy (non-hydrogen) atoms. The Kier molecular flexibility index (Phi) is 5.88. The molecule has 1 aliphatic heterocycles. The summed E-state index contributed by atoms with van der Waals surface area (Å²) in [6.45, 7) is 0. The van der Waals surface area contributed by atoms with E-state index in [-0.39, 0.29) is 5.91 Å². The molecule has 2 N–H and O–H groups in total. The second-order valence-electron chi connectivity index (χ2n) is 6.31. The summed E-state index contributed by atoms with van der Waals surface area (Å²) in [4.78, 5) is 17.3. The lowest BCUT2D eigenvalue weighted by Crippen LogP contribution is -2.19. The number of benzene rings is 3. The Morgan fingerprint density at radius 2 is 1.48 bits per heavy atom. The molecule has 0 bridgehead atoms. The van der Waals surface area contributed by atoms with Crippen LogP contribution in [-0.2, 0) is 4.79 Å². The Hall–Kier alpha value is -3.57. The van der Waals surface area contributed by atoms with Gasteiger partial charge in [-0.25, -0.2) is 4.99 Å². The van der Waals surface area contributed by atoms with Crippen molar-refractivity contribution in [3.05, 3.63) is 108 Å². The number of hydrogen-bond donors (Lipinski definition) is 2. The number of carbonyl (C=O) groups excluding carboxylic acids is 1. The van der Waals surface area contributed by atoms with Crippen LogP contribution < -0.4 is 10.6 Å². The van der Waals surface area contributed by atoms with Crippen molar-refractivity contribution in [2.75, 3.05) is 5.32 Å². The van der Waals surface area contributed by atoms with Gasteiger partial charge in [-0.2, -0.15) is 0 Å². The smallest absolute Gasteiger partial charge is 0.264 e. The van der Waals surface area contributed by atoms with Crippen molar-refractivity contribution in [2.45, 2.75) is 0 Å². The van der Waals surface area contributed by atoms with Crippen LogP contribution in [0, 0.1) is 0 Å². The average Bonchev–Trinajstić information content (AvgIpc) is 3.10. The number of aliphatic imine (C=N–C) groups is 1. The van der Waals surface area contributed by atoms with E-state index in [1.807, 2.05) is 103 Å². The van der Waals surface area contributed by atoms with Crippen LogP contribution in [0.25, 0.3) is 6.08 Å². The van der Waals surface area contributed by atoms with Gasteiger partial charge in [-0.05, 0) is 59.8 Å². The van der Waals surface area contributed by atoms with Gasteiger partial charge in [0.25, 0.3) is 5.91 Å². The monoisotopic (exact) mass is 397 g/mol. The van der Waals surface area contributed by atoms with Crippen LogP contribution in [0.4, 0.5) is 17.1 Å². The highest BCUT2D eigenvalue weighted by atomic mass is 32.2. The number of nitrogens with one attached hydrogen (secondary N) is 2. The third kappa shape index (κ3) is 5.24. The first-order chi connectivity index (χ1) is 14.3. The summed E-state index contributed by atoms with van der Waals surface area (Å²) in [5, 5.41) is 6.73. The van der Waals surface area contributed by atoms with Crippen LogP contribution in [0.3, 0.4) is 0 Å². The van der Waals surface area contributed by atoms with E-state index in [1.165, 1.54) is 11.8 Å². The largest absolute Gasteiger partial charge is 0.356 e. The van der Waals surface area contributed by atoms with Crippen LogP contribution in [0.1, 0.15) is 5.56 Å². The Morgan fingerprint density at radius 3 is 2.21 bits per heavy atom. The van der Waals surface area contributed by atoms with Crippen LogP contribution in [0.5, 0.6) is 0 Å². The summed E-state index contributed by atoms with van der Waals surface area (Å²) >= 11 is 1.34. The minimum atomic E-state index is -0.131.